The third-order valence-electron chi connectivity index (χ3n) is 3.67. The van der Waals surface area contributed by atoms with Gasteiger partial charge in [-0.2, -0.15) is 8.42 Å². The van der Waals surface area contributed by atoms with Gasteiger partial charge in [0.25, 0.3) is 10.1 Å². The Morgan fingerprint density at radius 3 is 2.05 bits per heavy atom. The molecule has 7 heteroatoms. The number of nitrogens with zero attached hydrogens (tertiary/aromatic N) is 1. The van der Waals surface area contributed by atoms with Crippen molar-refractivity contribution < 1.29 is 22.1 Å². The van der Waals surface area contributed by atoms with Crippen molar-refractivity contribution in [1.82, 2.24) is 4.90 Å². The second-order valence-electron chi connectivity index (χ2n) is 6.80. The maximum atomic E-state index is 12.0. The fraction of sp³-hybridized carbons (Fsp3) is 0.923. The molecule has 0 bridgehead atoms. The van der Waals surface area contributed by atoms with Crippen molar-refractivity contribution in [3.63, 3.8) is 0 Å². The molecule has 6 nitrogen and oxygen atoms in total. The van der Waals surface area contributed by atoms with Crippen molar-refractivity contribution in [1.29, 1.82) is 0 Å². The third kappa shape index (κ3) is 4.09. The number of ether oxygens (including phenoxy) is 1. The molecule has 0 aromatic carbocycles. The molecule has 2 aliphatic rings. The molecule has 20 heavy (non-hydrogen) atoms. The standard InChI is InChI=1S/C13H23NO5S/c1-13(2,3)18-12(15)14-7-9-5-11(6-10(9)8-14)19-20(4,16)17/h9-11H,5-8H2,1-4H3/t9-,10?,11-/m0/s1. The van der Waals surface area contributed by atoms with Gasteiger partial charge in [0, 0.05) is 13.1 Å². The van der Waals surface area contributed by atoms with Crippen molar-refractivity contribution in [2.24, 2.45) is 11.8 Å². The second-order valence-corrected chi connectivity index (χ2v) is 8.40. The number of fused-ring (bicyclic) bond motifs is 1. The number of carbonyl (C=O) groups excluding carboxylic acids is 1. The topological polar surface area (TPSA) is 72.9 Å². The summed E-state index contributed by atoms with van der Waals surface area (Å²) >= 11 is 0. The van der Waals surface area contributed by atoms with E-state index in [0.717, 1.165) is 6.26 Å². The summed E-state index contributed by atoms with van der Waals surface area (Å²) in [5.74, 6) is 0.628. The Balaban J connectivity index is 1.87. The smallest absolute Gasteiger partial charge is 0.410 e. The molecule has 0 aromatic rings. The van der Waals surface area contributed by atoms with Gasteiger partial charge in [-0.05, 0) is 45.4 Å². The van der Waals surface area contributed by atoms with Crippen LogP contribution >= 0.6 is 0 Å². The Morgan fingerprint density at radius 2 is 1.65 bits per heavy atom. The lowest BCUT2D eigenvalue weighted by Gasteiger charge is -2.25. The molecule has 0 spiro atoms. The van der Waals surface area contributed by atoms with E-state index >= 15 is 0 Å². The van der Waals surface area contributed by atoms with Gasteiger partial charge in [-0.3, -0.25) is 4.18 Å². The first kappa shape index (κ1) is 15.6. The normalized spacial score (nSPS) is 30.4. The van der Waals surface area contributed by atoms with Crippen LogP contribution in [0.3, 0.4) is 0 Å². The predicted octanol–water partition coefficient (Wildman–Crippen LogP) is 1.61. The monoisotopic (exact) mass is 305 g/mol. The van der Waals surface area contributed by atoms with E-state index in [1.807, 2.05) is 20.8 Å². The van der Waals surface area contributed by atoms with Crippen LogP contribution in [0.2, 0.25) is 0 Å². The average molecular weight is 305 g/mol. The number of amides is 1. The van der Waals surface area contributed by atoms with Crippen LogP contribution in [0.25, 0.3) is 0 Å². The number of hydrogen-bond donors (Lipinski definition) is 0. The molecule has 0 radical (unpaired) electrons. The highest BCUT2D eigenvalue weighted by Gasteiger charge is 2.44. The third-order valence-corrected chi connectivity index (χ3v) is 4.29. The van der Waals surface area contributed by atoms with E-state index in [4.69, 9.17) is 8.92 Å². The zero-order chi connectivity index (χ0) is 15.1. The lowest BCUT2D eigenvalue weighted by atomic mass is 10.0. The zero-order valence-corrected chi connectivity index (χ0v) is 13.3. The fourth-order valence-corrected chi connectivity index (χ4v) is 3.70. The molecule has 1 saturated heterocycles. The molecule has 3 atom stereocenters. The van der Waals surface area contributed by atoms with Gasteiger partial charge in [-0.25, -0.2) is 4.79 Å². The Morgan fingerprint density at radius 1 is 1.15 bits per heavy atom. The maximum absolute atomic E-state index is 12.0. The molecular formula is C13H23NO5S. The number of likely N-dealkylation sites (tertiary alicyclic amines) is 1. The second kappa shape index (κ2) is 5.18. The summed E-state index contributed by atoms with van der Waals surface area (Å²) in [5, 5.41) is 0. The summed E-state index contributed by atoms with van der Waals surface area (Å²) in [4.78, 5) is 13.7. The van der Waals surface area contributed by atoms with Crippen LogP contribution < -0.4 is 0 Å². The molecule has 0 aromatic heterocycles. The van der Waals surface area contributed by atoms with E-state index < -0.39 is 15.7 Å². The summed E-state index contributed by atoms with van der Waals surface area (Å²) in [7, 11) is -3.40. The minimum Gasteiger partial charge on any atom is -0.444 e. The SMILES string of the molecule is CC(C)(C)OC(=O)N1CC2C[C@@H](OS(C)(=O)=O)C[C@H]2C1. The first-order valence-electron chi connectivity index (χ1n) is 6.90. The van der Waals surface area contributed by atoms with E-state index in [-0.39, 0.29) is 12.2 Å². The van der Waals surface area contributed by atoms with Crippen molar-refractivity contribution in [3.8, 4) is 0 Å². The van der Waals surface area contributed by atoms with E-state index in [2.05, 4.69) is 0 Å². The number of rotatable bonds is 2. The van der Waals surface area contributed by atoms with E-state index in [1.54, 1.807) is 4.90 Å². The molecule has 1 aliphatic carbocycles. The summed E-state index contributed by atoms with van der Waals surface area (Å²) in [6, 6.07) is 0. The predicted molar refractivity (Wildman–Crippen MR) is 73.7 cm³/mol. The molecule has 2 fully saturated rings. The molecule has 0 N–H and O–H groups in total. The Bertz CT molecular complexity index is 467. The molecule has 1 saturated carbocycles. The van der Waals surface area contributed by atoms with Crippen LogP contribution in [0.5, 0.6) is 0 Å². The van der Waals surface area contributed by atoms with Crippen LogP contribution in [-0.4, -0.2) is 50.5 Å². The molecule has 2 rings (SSSR count). The summed E-state index contributed by atoms with van der Waals surface area (Å²) in [6.07, 6.45) is 1.94. The lowest BCUT2D eigenvalue weighted by Crippen LogP contribution is -2.36. The van der Waals surface area contributed by atoms with Crippen LogP contribution in [0.15, 0.2) is 0 Å². The minimum atomic E-state index is -3.40. The molecular weight excluding hydrogens is 282 g/mol. The highest BCUT2D eigenvalue weighted by atomic mass is 32.2. The van der Waals surface area contributed by atoms with E-state index in [0.29, 0.717) is 37.8 Å². The largest absolute Gasteiger partial charge is 0.444 e. The van der Waals surface area contributed by atoms with Gasteiger partial charge in [0.2, 0.25) is 0 Å². The van der Waals surface area contributed by atoms with Gasteiger partial charge in [0.05, 0.1) is 12.4 Å². The first-order chi connectivity index (χ1) is 9.03. The number of carbonyl (C=O) groups is 1. The molecule has 1 heterocycles. The molecule has 1 unspecified atom stereocenters. The van der Waals surface area contributed by atoms with Crippen LogP contribution in [0.1, 0.15) is 33.6 Å². The average Bonchev–Trinajstić information content (AvgIpc) is 2.68. The van der Waals surface area contributed by atoms with Crippen molar-refractivity contribution >= 4 is 16.2 Å². The van der Waals surface area contributed by atoms with Gasteiger partial charge in [-0.15, -0.1) is 0 Å². The van der Waals surface area contributed by atoms with E-state index in [1.165, 1.54) is 0 Å². The summed E-state index contributed by atoms with van der Waals surface area (Å²) < 4.78 is 32.7. The van der Waals surface area contributed by atoms with Crippen molar-refractivity contribution in [3.05, 3.63) is 0 Å². The van der Waals surface area contributed by atoms with Crippen LogP contribution in [-0.2, 0) is 19.0 Å². The molecule has 1 amide bonds. The quantitative estimate of drug-likeness (QED) is 0.725. The van der Waals surface area contributed by atoms with Crippen molar-refractivity contribution in [2.45, 2.75) is 45.3 Å². The fourth-order valence-electron chi connectivity index (χ4n) is 3.05. The minimum absolute atomic E-state index is 0.235. The Kier molecular flexibility index (Phi) is 4.03. The van der Waals surface area contributed by atoms with Crippen molar-refractivity contribution in [2.75, 3.05) is 19.3 Å². The first-order valence-corrected chi connectivity index (χ1v) is 8.71. The van der Waals surface area contributed by atoms with Gasteiger partial charge >= 0.3 is 6.09 Å². The Labute approximate surface area is 120 Å². The molecule has 116 valence electrons. The van der Waals surface area contributed by atoms with E-state index in [9.17, 15) is 13.2 Å². The van der Waals surface area contributed by atoms with Gasteiger partial charge < -0.3 is 9.64 Å². The Hall–Kier alpha value is -0.820. The summed E-state index contributed by atoms with van der Waals surface area (Å²) in [5.41, 5.74) is -0.489. The summed E-state index contributed by atoms with van der Waals surface area (Å²) in [6.45, 7) is 6.79. The van der Waals surface area contributed by atoms with Crippen LogP contribution in [0, 0.1) is 11.8 Å². The highest BCUT2D eigenvalue weighted by Crippen LogP contribution is 2.40. The maximum Gasteiger partial charge on any atom is 0.410 e. The van der Waals surface area contributed by atoms with Gasteiger partial charge in [0.1, 0.15) is 5.60 Å². The van der Waals surface area contributed by atoms with Gasteiger partial charge in [-0.1, -0.05) is 0 Å². The number of hydrogen-bond acceptors (Lipinski definition) is 5. The lowest BCUT2D eigenvalue weighted by molar-refractivity contribution is 0.0272. The van der Waals surface area contributed by atoms with Gasteiger partial charge in [0.15, 0.2) is 0 Å². The zero-order valence-electron chi connectivity index (χ0n) is 12.5. The molecule has 1 aliphatic heterocycles. The highest BCUT2D eigenvalue weighted by molar-refractivity contribution is 7.86. The van der Waals surface area contributed by atoms with Crippen LogP contribution in [0.4, 0.5) is 4.79 Å².